The number of aliphatic hydroxyl groups is 1. The number of nitrogens with zero attached hydrogens (tertiary/aromatic N) is 3. The number of carbonyl (C=O) groups is 1. The minimum atomic E-state index is -4.41. The predicted molar refractivity (Wildman–Crippen MR) is 107 cm³/mol. The Kier molecular flexibility index (Phi) is 4.77. The molecule has 2 aromatic heterocycles. The zero-order valence-electron chi connectivity index (χ0n) is 16.2. The normalized spacial score (nSPS) is 13.1. The number of hydrogen-bond donors (Lipinski definition) is 2. The average molecular weight is 416 g/mol. The summed E-state index contributed by atoms with van der Waals surface area (Å²) in [5.74, 6) is -0.322. The number of carbonyl (C=O) groups excluding carboxylic acids is 1. The Morgan fingerprint density at radius 2 is 1.87 bits per heavy atom. The van der Waals surface area contributed by atoms with Crippen molar-refractivity contribution in [2.45, 2.75) is 19.1 Å². The molecule has 9 heteroatoms. The quantitative estimate of drug-likeness (QED) is 0.534. The van der Waals surface area contributed by atoms with Gasteiger partial charge in [0.05, 0.1) is 17.7 Å². The highest BCUT2D eigenvalue weighted by Gasteiger charge is 2.30. The number of amides is 1. The van der Waals surface area contributed by atoms with Crippen LogP contribution in [0.15, 0.2) is 48.7 Å². The van der Waals surface area contributed by atoms with E-state index >= 15 is 0 Å². The minimum absolute atomic E-state index is 0.175. The maximum atomic E-state index is 12.9. The van der Waals surface area contributed by atoms with Gasteiger partial charge >= 0.3 is 6.18 Å². The van der Waals surface area contributed by atoms with Crippen molar-refractivity contribution in [3.05, 3.63) is 59.8 Å². The van der Waals surface area contributed by atoms with Gasteiger partial charge in [0.1, 0.15) is 0 Å². The van der Waals surface area contributed by atoms with Gasteiger partial charge in [-0.1, -0.05) is 0 Å². The Morgan fingerprint density at radius 3 is 2.50 bits per heavy atom. The number of rotatable bonds is 4. The number of aromatic nitrogens is 3. The molecule has 0 spiro atoms. The smallest absolute Gasteiger partial charge is 0.394 e. The van der Waals surface area contributed by atoms with Crippen LogP contribution >= 0.6 is 0 Å². The second-order valence-electron chi connectivity index (χ2n) is 7.21. The first-order valence-electron chi connectivity index (χ1n) is 9.26. The molecule has 30 heavy (non-hydrogen) atoms. The van der Waals surface area contributed by atoms with E-state index < -0.39 is 11.7 Å². The third kappa shape index (κ3) is 3.41. The summed E-state index contributed by atoms with van der Waals surface area (Å²) in [5.41, 5.74) is 1.52. The van der Waals surface area contributed by atoms with Crippen molar-refractivity contribution >= 4 is 27.8 Å². The Morgan fingerprint density at radius 1 is 1.17 bits per heavy atom. The van der Waals surface area contributed by atoms with Crippen LogP contribution < -0.4 is 5.32 Å². The summed E-state index contributed by atoms with van der Waals surface area (Å²) in [6.07, 6.45) is -2.61. The number of aryl methyl sites for hydroxylation is 1. The minimum Gasteiger partial charge on any atom is -0.394 e. The molecular formula is C21H19F3N4O2. The number of nitrogens with one attached hydrogen (secondary N) is 1. The fourth-order valence-corrected chi connectivity index (χ4v) is 3.45. The monoisotopic (exact) mass is 416 g/mol. The molecule has 156 valence electrons. The maximum Gasteiger partial charge on any atom is 0.416 e. The molecule has 6 nitrogen and oxygen atoms in total. The fraction of sp³-hybridized carbons (Fsp3) is 0.238. The molecule has 0 saturated heterocycles. The third-order valence-electron chi connectivity index (χ3n) is 4.92. The van der Waals surface area contributed by atoms with E-state index in [1.165, 1.54) is 12.1 Å². The molecule has 0 aliphatic rings. The van der Waals surface area contributed by atoms with Gasteiger partial charge in [-0.05, 0) is 49.4 Å². The Hall–Kier alpha value is -3.33. The summed E-state index contributed by atoms with van der Waals surface area (Å²) in [7, 11) is 1.75. The molecule has 2 heterocycles. The van der Waals surface area contributed by atoms with Crippen molar-refractivity contribution in [2.75, 3.05) is 6.61 Å². The highest BCUT2D eigenvalue weighted by molar-refractivity contribution is 6.10. The molecule has 4 rings (SSSR count). The van der Waals surface area contributed by atoms with E-state index in [9.17, 15) is 18.0 Å². The zero-order valence-corrected chi connectivity index (χ0v) is 16.2. The van der Waals surface area contributed by atoms with Crippen molar-refractivity contribution < 1.29 is 23.1 Å². The summed E-state index contributed by atoms with van der Waals surface area (Å²) < 4.78 is 42.2. The number of fused-ring (bicyclic) bond motifs is 3. The van der Waals surface area contributed by atoms with Crippen LogP contribution in [0, 0.1) is 0 Å². The summed E-state index contributed by atoms with van der Waals surface area (Å²) in [6.45, 7) is 1.52. The standard InChI is InChI=1S/C21H19F3N4O2/c1-12(11-29)25-20(30)13-3-8-18-16(9-13)17-10-27(2)26-19(17)28(18)15-6-4-14(5-7-15)21(22,23)24/h3-10,12,29H,11H2,1-2H3,(H,25,30). The summed E-state index contributed by atoms with van der Waals surface area (Å²) in [5, 5.41) is 17.8. The van der Waals surface area contributed by atoms with E-state index in [4.69, 9.17) is 5.11 Å². The van der Waals surface area contributed by atoms with E-state index in [1.807, 2.05) is 0 Å². The first-order chi connectivity index (χ1) is 14.2. The van der Waals surface area contributed by atoms with Crippen LogP contribution in [0.1, 0.15) is 22.8 Å². The first kappa shape index (κ1) is 20.0. The number of hydrogen-bond acceptors (Lipinski definition) is 3. The Bertz CT molecular complexity index is 1240. The molecule has 0 bridgehead atoms. The lowest BCUT2D eigenvalue weighted by atomic mass is 10.1. The molecule has 2 N–H and O–H groups in total. The van der Waals surface area contributed by atoms with Crippen LogP contribution in [-0.4, -0.2) is 38.0 Å². The second kappa shape index (κ2) is 7.17. The van der Waals surface area contributed by atoms with Gasteiger partial charge in [0.15, 0.2) is 5.65 Å². The molecule has 0 saturated carbocycles. The van der Waals surface area contributed by atoms with E-state index in [-0.39, 0.29) is 18.6 Å². The van der Waals surface area contributed by atoms with Crippen LogP contribution in [0.3, 0.4) is 0 Å². The molecule has 1 atom stereocenters. The molecule has 1 unspecified atom stereocenters. The molecule has 0 radical (unpaired) electrons. The van der Waals surface area contributed by atoms with Crippen LogP contribution in [0.2, 0.25) is 0 Å². The van der Waals surface area contributed by atoms with Gasteiger partial charge < -0.3 is 10.4 Å². The third-order valence-corrected chi connectivity index (χ3v) is 4.92. The SMILES string of the molecule is CC(CO)NC(=O)c1ccc2c(c1)c1cn(C)nc1n2-c1ccc(C(F)(F)F)cc1. The van der Waals surface area contributed by atoms with E-state index in [0.717, 1.165) is 28.4 Å². The van der Waals surface area contributed by atoms with Gasteiger partial charge in [0.25, 0.3) is 5.91 Å². The lowest BCUT2D eigenvalue weighted by Gasteiger charge is -2.12. The van der Waals surface area contributed by atoms with E-state index in [0.29, 0.717) is 16.9 Å². The second-order valence-corrected chi connectivity index (χ2v) is 7.21. The van der Waals surface area contributed by atoms with Crippen LogP contribution in [0.4, 0.5) is 13.2 Å². The largest absolute Gasteiger partial charge is 0.416 e. The number of alkyl halides is 3. The molecule has 1 amide bonds. The van der Waals surface area contributed by atoms with Crippen LogP contribution in [0.25, 0.3) is 27.6 Å². The zero-order chi connectivity index (χ0) is 21.6. The van der Waals surface area contributed by atoms with Gasteiger partial charge in [-0.3, -0.25) is 14.0 Å². The van der Waals surface area contributed by atoms with Crippen molar-refractivity contribution in [3.8, 4) is 5.69 Å². The van der Waals surface area contributed by atoms with E-state index in [1.54, 1.807) is 47.6 Å². The van der Waals surface area contributed by atoms with Crippen LogP contribution in [-0.2, 0) is 13.2 Å². The Balaban J connectivity index is 1.86. The van der Waals surface area contributed by atoms with Crippen molar-refractivity contribution in [1.82, 2.24) is 19.7 Å². The first-order valence-corrected chi connectivity index (χ1v) is 9.26. The topological polar surface area (TPSA) is 72.1 Å². The molecule has 0 aliphatic carbocycles. The number of aliphatic hydroxyl groups excluding tert-OH is 1. The van der Waals surface area contributed by atoms with Gasteiger partial charge in [0, 0.05) is 41.3 Å². The Labute approximate surface area is 169 Å². The number of halogens is 3. The highest BCUT2D eigenvalue weighted by atomic mass is 19.4. The van der Waals surface area contributed by atoms with Crippen LogP contribution in [0.5, 0.6) is 0 Å². The van der Waals surface area contributed by atoms with E-state index in [2.05, 4.69) is 10.4 Å². The molecular weight excluding hydrogens is 397 g/mol. The summed E-state index contributed by atoms with van der Waals surface area (Å²) >= 11 is 0. The lowest BCUT2D eigenvalue weighted by Crippen LogP contribution is -2.34. The average Bonchev–Trinajstić information content (AvgIpc) is 3.21. The summed E-state index contributed by atoms with van der Waals surface area (Å²) in [6, 6.07) is 9.60. The molecule has 0 fully saturated rings. The maximum absolute atomic E-state index is 12.9. The fourth-order valence-electron chi connectivity index (χ4n) is 3.45. The number of benzene rings is 2. The molecule has 2 aromatic carbocycles. The molecule has 0 aliphatic heterocycles. The van der Waals surface area contributed by atoms with Crippen molar-refractivity contribution in [3.63, 3.8) is 0 Å². The van der Waals surface area contributed by atoms with Crippen molar-refractivity contribution in [1.29, 1.82) is 0 Å². The highest BCUT2D eigenvalue weighted by Crippen LogP contribution is 2.34. The van der Waals surface area contributed by atoms with Gasteiger partial charge in [-0.25, -0.2) is 0 Å². The summed E-state index contributed by atoms with van der Waals surface area (Å²) in [4.78, 5) is 12.5. The molecule has 4 aromatic rings. The van der Waals surface area contributed by atoms with Gasteiger partial charge in [-0.15, -0.1) is 0 Å². The van der Waals surface area contributed by atoms with Crippen molar-refractivity contribution in [2.24, 2.45) is 7.05 Å². The predicted octanol–water partition coefficient (Wildman–Crippen LogP) is 3.65. The lowest BCUT2D eigenvalue weighted by molar-refractivity contribution is -0.137. The van der Waals surface area contributed by atoms with Gasteiger partial charge in [0.2, 0.25) is 0 Å². The van der Waals surface area contributed by atoms with Gasteiger partial charge in [-0.2, -0.15) is 18.3 Å².